The molecule has 2 aliphatic rings. The monoisotopic (exact) mass is 260 g/mol. The third-order valence-electron chi connectivity index (χ3n) is 4.99. The minimum atomic E-state index is 0.663. The van der Waals surface area contributed by atoms with Gasteiger partial charge in [0.2, 0.25) is 0 Å². The van der Waals surface area contributed by atoms with Crippen molar-refractivity contribution in [1.29, 1.82) is 0 Å². The summed E-state index contributed by atoms with van der Waals surface area (Å²) in [6.45, 7) is 2.35. The van der Waals surface area contributed by atoms with Gasteiger partial charge in [0.1, 0.15) is 5.82 Å². The summed E-state index contributed by atoms with van der Waals surface area (Å²) < 4.78 is 0. The van der Waals surface area contributed by atoms with Gasteiger partial charge in [-0.25, -0.2) is 10.8 Å². The molecular weight excluding hydrogens is 236 g/mol. The molecule has 1 aromatic heterocycles. The summed E-state index contributed by atoms with van der Waals surface area (Å²) in [5.41, 5.74) is 4.53. The number of nitrogens with two attached hydrogens (primary N) is 1. The van der Waals surface area contributed by atoms with Crippen LogP contribution in [0.5, 0.6) is 0 Å². The average molecular weight is 260 g/mol. The molecule has 1 aliphatic heterocycles. The summed E-state index contributed by atoms with van der Waals surface area (Å²) in [4.78, 5) is 6.65. The molecule has 3 rings (SSSR count). The summed E-state index contributed by atoms with van der Waals surface area (Å²) >= 11 is 0. The van der Waals surface area contributed by atoms with Crippen LogP contribution in [0.25, 0.3) is 0 Å². The first kappa shape index (κ1) is 12.7. The van der Waals surface area contributed by atoms with Crippen LogP contribution in [0.15, 0.2) is 18.3 Å². The molecule has 1 saturated carbocycles. The second-order valence-electron chi connectivity index (χ2n) is 6.09. The Morgan fingerprint density at radius 1 is 1.11 bits per heavy atom. The number of nitrogens with one attached hydrogen (secondary N) is 1. The summed E-state index contributed by atoms with van der Waals surface area (Å²) in [5, 5.41) is 0. The van der Waals surface area contributed by atoms with Gasteiger partial charge in [0.05, 0.1) is 0 Å². The number of aromatic nitrogens is 1. The second kappa shape index (κ2) is 5.37. The van der Waals surface area contributed by atoms with Gasteiger partial charge in [-0.15, -0.1) is 0 Å². The number of hydrogen-bond donors (Lipinski definition) is 2. The van der Waals surface area contributed by atoms with E-state index < -0.39 is 0 Å². The minimum Gasteiger partial charge on any atom is -0.371 e. The van der Waals surface area contributed by atoms with Gasteiger partial charge in [-0.05, 0) is 37.2 Å². The summed E-state index contributed by atoms with van der Waals surface area (Å²) in [5.74, 6) is 6.17. The molecule has 3 N–H and O–H groups in total. The molecule has 1 spiro atoms. The van der Waals surface area contributed by atoms with Crippen molar-refractivity contribution in [2.45, 2.75) is 44.9 Å². The van der Waals surface area contributed by atoms with E-state index >= 15 is 0 Å². The predicted molar refractivity (Wildman–Crippen MR) is 79.0 cm³/mol. The van der Waals surface area contributed by atoms with Crippen molar-refractivity contribution in [3.63, 3.8) is 0 Å². The van der Waals surface area contributed by atoms with Crippen LogP contribution < -0.4 is 16.2 Å². The van der Waals surface area contributed by atoms with Gasteiger partial charge >= 0.3 is 0 Å². The van der Waals surface area contributed by atoms with E-state index in [4.69, 9.17) is 5.84 Å². The highest BCUT2D eigenvalue weighted by Gasteiger charge is 2.35. The summed E-state index contributed by atoms with van der Waals surface area (Å²) in [7, 11) is 0. The molecule has 2 fully saturated rings. The van der Waals surface area contributed by atoms with E-state index in [-0.39, 0.29) is 0 Å². The highest BCUT2D eigenvalue weighted by atomic mass is 15.3. The van der Waals surface area contributed by atoms with E-state index in [0.717, 1.165) is 5.82 Å². The number of pyridine rings is 1. The molecule has 0 aromatic carbocycles. The van der Waals surface area contributed by atoms with Crippen LogP contribution in [-0.4, -0.2) is 18.1 Å². The maximum Gasteiger partial charge on any atom is 0.141 e. The second-order valence-corrected chi connectivity index (χ2v) is 6.09. The average Bonchev–Trinajstić information content (AvgIpc) is 2.49. The van der Waals surface area contributed by atoms with Crippen LogP contribution in [0.3, 0.4) is 0 Å². The van der Waals surface area contributed by atoms with E-state index in [9.17, 15) is 0 Å². The topological polar surface area (TPSA) is 54.2 Å². The zero-order valence-corrected chi connectivity index (χ0v) is 11.6. The van der Waals surface area contributed by atoms with E-state index in [1.807, 2.05) is 12.3 Å². The third kappa shape index (κ3) is 2.68. The van der Waals surface area contributed by atoms with E-state index in [2.05, 4.69) is 21.4 Å². The molecule has 1 aliphatic carbocycles. The van der Waals surface area contributed by atoms with Gasteiger partial charge in [-0.3, -0.25) is 0 Å². The molecule has 0 unspecified atom stereocenters. The molecule has 4 nitrogen and oxygen atoms in total. The van der Waals surface area contributed by atoms with E-state index in [1.165, 1.54) is 63.7 Å². The number of nitrogen functional groups attached to an aromatic ring is 1. The number of rotatable bonds is 2. The Morgan fingerprint density at radius 3 is 2.53 bits per heavy atom. The molecule has 1 saturated heterocycles. The van der Waals surface area contributed by atoms with Crippen LogP contribution in [0.2, 0.25) is 0 Å². The molecule has 2 heterocycles. The molecule has 0 bridgehead atoms. The predicted octanol–water partition coefficient (Wildman–Crippen LogP) is 2.92. The van der Waals surface area contributed by atoms with Crippen molar-refractivity contribution < 1.29 is 0 Å². The molecule has 1 aromatic rings. The minimum absolute atomic E-state index is 0.663. The summed E-state index contributed by atoms with van der Waals surface area (Å²) in [6, 6.07) is 4.12. The quantitative estimate of drug-likeness (QED) is 0.634. The van der Waals surface area contributed by atoms with Crippen LogP contribution >= 0.6 is 0 Å². The van der Waals surface area contributed by atoms with Gasteiger partial charge in [-0.1, -0.05) is 19.3 Å². The van der Waals surface area contributed by atoms with Gasteiger partial charge in [0.25, 0.3) is 0 Å². The number of hydrazine groups is 1. The zero-order chi connectivity index (χ0) is 13.1. The smallest absolute Gasteiger partial charge is 0.141 e. The summed E-state index contributed by atoms with van der Waals surface area (Å²) in [6.07, 6.45) is 11.8. The van der Waals surface area contributed by atoms with E-state index in [0.29, 0.717) is 5.41 Å². The van der Waals surface area contributed by atoms with Gasteiger partial charge in [0, 0.05) is 31.0 Å². The first-order valence-electron chi connectivity index (χ1n) is 7.49. The van der Waals surface area contributed by atoms with Crippen LogP contribution in [0, 0.1) is 5.41 Å². The fourth-order valence-electron chi connectivity index (χ4n) is 3.74. The lowest BCUT2D eigenvalue weighted by Crippen LogP contribution is -2.41. The Labute approximate surface area is 115 Å². The first-order chi connectivity index (χ1) is 9.31. The largest absolute Gasteiger partial charge is 0.371 e. The van der Waals surface area contributed by atoms with Crippen molar-refractivity contribution in [2.24, 2.45) is 11.3 Å². The molecule has 104 valence electrons. The molecule has 0 atom stereocenters. The third-order valence-corrected chi connectivity index (χ3v) is 4.99. The van der Waals surface area contributed by atoms with E-state index in [1.54, 1.807) is 0 Å². The Hall–Kier alpha value is -1.29. The van der Waals surface area contributed by atoms with Crippen molar-refractivity contribution in [2.75, 3.05) is 23.4 Å². The lowest BCUT2D eigenvalue weighted by Gasteiger charge is -2.45. The van der Waals surface area contributed by atoms with Crippen molar-refractivity contribution in [1.82, 2.24) is 4.98 Å². The Balaban J connectivity index is 1.65. The standard InChI is InChI=1S/C15H24N4/c16-18-14-12-13(4-9-17-14)19-10-7-15(8-11-19)5-2-1-3-6-15/h4,9,12H,1-3,5-8,10-11,16H2,(H,17,18). The fraction of sp³-hybridized carbons (Fsp3) is 0.667. The van der Waals surface area contributed by atoms with Crippen LogP contribution in [0.4, 0.5) is 11.5 Å². The normalized spacial score (nSPS) is 22.5. The molecule has 0 radical (unpaired) electrons. The number of hydrogen-bond acceptors (Lipinski definition) is 4. The lowest BCUT2D eigenvalue weighted by molar-refractivity contribution is 0.144. The SMILES string of the molecule is NNc1cc(N2CCC3(CCCCC3)CC2)ccn1. The molecule has 0 amide bonds. The highest BCUT2D eigenvalue weighted by Crippen LogP contribution is 2.45. The van der Waals surface area contributed by atoms with Crippen molar-refractivity contribution >= 4 is 11.5 Å². The number of piperidine rings is 1. The fourth-order valence-corrected chi connectivity index (χ4v) is 3.74. The van der Waals surface area contributed by atoms with Gasteiger partial charge in [-0.2, -0.15) is 0 Å². The highest BCUT2D eigenvalue weighted by molar-refractivity contribution is 5.53. The molecular formula is C15H24N4. The number of nitrogens with zero attached hydrogens (tertiary/aromatic N) is 2. The Kier molecular flexibility index (Phi) is 3.60. The lowest BCUT2D eigenvalue weighted by atomic mass is 9.68. The van der Waals surface area contributed by atoms with Crippen LogP contribution in [0.1, 0.15) is 44.9 Å². The first-order valence-corrected chi connectivity index (χ1v) is 7.49. The Morgan fingerprint density at radius 2 is 1.84 bits per heavy atom. The maximum absolute atomic E-state index is 5.43. The maximum atomic E-state index is 5.43. The van der Waals surface area contributed by atoms with Gasteiger partial charge in [0.15, 0.2) is 0 Å². The van der Waals surface area contributed by atoms with Gasteiger partial charge < -0.3 is 10.3 Å². The van der Waals surface area contributed by atoms with Crippen LogP contribution in [-0.2, 0) is 0 Å². The van der Waals surface area contributed by atoms with Crippen molar-refractivity contribution in [3.05, 3.63) is 18.3 Å². The zero-order valence-electron chi connectivity index (χ0n) is 11.6. The van der Waals surface area contributed by atoms with Crippen molar-refractivity contribution in [3.8, 4) is 0 Å². The number of anilines is 2. The molecule has 4 heteroatoms. The molecule has 19 heavy (non-hydrogen) atoms. The Bertz CT molecular complexity index is 416.